The number of anilines is 3. The summed E-state index contributed by atoms with van der Waals surface area (Å²) in [4.78, 5) is 28.7. The van der Waals surface area contributed by atoms with E-state index in [4.69, 9.17) is 0 Å². The van der Waals surface area contributed by atoms with Crippen molar-refractivity contribution in [2.24, 2.45) is 0 Å². The molecule has 0 heterocycles. The van der Waals surface area contributed by atoms with Gasteiger partial charge in [-0.1, -0.05) is 108 Å². The maximum atomic E-state index is 13.3. The number of benzene rings is 5. The maximum Gasteiger partial charge on any atom is 0.193 e. The summed E-state index contributed by atoms with van der Waals surface area (Å²) >= 11 is 0. The predicted octanol–water partition coefficient (Wildman–Crippen LogP) is 10.5. The fourth-order valence-corrected chi connectivity index (χ4v) is 5.24. The Labute approximate surface area is 262 Å². The van der Waals surface area contributed by atoms with Crippen LogP contribution in [0.15, 0.2) is 121 Å². The molecule has 0 spiro atoms. The van der Waals surface area contributed by atoms with Crippen LogP contribution in [0, 0.1) is 6.92 Å². The minimum Gasteiger partial charge on any atom is -0.311 e. The highest BCUT2D eigenvalue weighted by Gasteiger charge is 2.19. The van der Waals surface area contributed by atoms with Gasteiger partial charge in [0.05, 0.1) is 0 Å². The summed E-state index contributed by atoms with van der Waals surface area (Å²) in [6.45, 7) is 15.1. The molecule has 0 amide bonds. The van der Waals surface area contributed by atoms with Gasteiger partial charge in [0.25, 0.3) is 0 Å². The van der Waals surface area contributed by atoms with E-state index < -0.39 is 0 Å². The molecule has 0 fully saturated rings. The zero-order chi connectivity index (χ0) is 31.6. The Bertz CT molecular complexity index is 1640. The van der Waals surface area contributed by atoms with Crippen molar-refractivity contribution >= 4 is 28.6 Å². The van der Waals surface area contributed by atoms with Gasteiger partial charge in [-0.2, -0.15) is 0 Å². The standard InChI is InChI=1S/C41H41NO2/c1-28-8-22-35(23-9-28)42(36-24-14-31(15-25-36)38(43)29-10-18-33(19-11-29)40(2,3)4)37-26-16-32(17-27-37)39(44)30-12-20-34(21-13-30)41(5,6)7/h8-27H,1-7H3. The van der Waals surface area contributed by atoms with Crippen molar-refractivity contribution in [3.8, 4) is 0 Å². The van der Waals surface area contributed by atoms with Crippen LogP contribution < -0.4 is 4.90 Å². The highest BCUT2D eigenvalue weighted by molar-refractivity contribution is 6.10. The summed E-state index contributed by atoms with van der Waals surface area (Å²) in [6.07, 6.45) is 0. The third-order valence-electron chi connectivity index (χ3n) is 8.09. The smallest absolute Gasteiger partial charge is 0.193 e. The molecule has 5 aromatic rings. The van der Waals surface area contributed by atoms with E-state index in [1.807, 2.05) is 97.1 Å². The van der Waals surface area contributed by atoms with Crippen LogP contribution in [0.1, 0.15) is 90.1 Å². The molecule has 0 unspecified atom stereocenters. The number of ketones is 2. The molecule has 3 nitrogen and oxygen atoms in total. The van der Waals surface area contributed by atoms with Crippen molar-refractivity contribution in [3.63, 3.8) is 0 Å². The van der Waals surface area contributed by atoms with E-state index >= 15 is 0 Å². The van der Waals surface area contributed by atoms with Crippen LogP contribution in [0.4, 0.5) is 17.1 Å². The molecular formula is C41H41NO2. The lowest BCUT2D eigenvalue weighted by molar-refractivity contribution is 0.103. The van der Waals surface area contributed by atoms with Crippen molar-refractivity contribution in [2.75, 3.05) is 4.90 Å². The molecule has 0 atom stereocenters. The molecule has 0 N–H and O–H groups in total. The summed E-state index contributed by atoms with van der Waals surface area (Å²) in [7, 11) is 0. The molecule has 222 valence electrons. The summed E-state index contributed by atoms with van der Waals surface area (Å²) in [5.41, 5.74) is 9.10. The second-order valence-electron chi connectivity index (χ2n) is 13.6. The Morgan fingerprint density at radius 2 is 0.659 bits per heavy atom. The van der Waals surface area contributed by atoms with Crippen LogP contribution >= 0.6 is 0 Å². The van der Waals surface area contributed by atoms with Crippen molar-refractivity contribution in [2.45, 2.75) is 59.3 Å². The summed E-state index contributed by atoms with van der Waals surface area (Å²) < 4.78 is 0. The first kappa shape index (κ1) is 30.7. The molecule has 5 aromatic carbocycles. The van der Waals surface area contributed by atoms with Gasteiger partial charge in [-0.15, -0.1) is 0 Å². The summed E-state index contributed by atoms with van der Waals surface area (Å²) in [5, 5.41) is 0. The monoisotopic (exact) mass is 579 g/mol. The van der Waals surface area contributed by atoms with Gasteiger partial charge >= 0.3 is 0 Å². The lowest BCUT2D eigenvalue weighted by Crippen LogP contribution is -2.12. The molecule has 0 aromatic heterocycles. The van der Waals surface area contributed by atoms with Gasteiger partial charge in [-0.05, 0) is 89.5 Å². The fourth-order valence-electron chi connectivity index (χ4n) is 5.24. The lowest BCUT2D eigenvalue weighted by atomic mass is 9.86. The number of aryl methyl sites for hydroxylation is 1. The van der Waals surface area contributed by atoms with Crippen LogP contribution in [0.5, 0.6) is 0 Å². The number of hydrogen-bond donors (Lipinski definition) is 0. The molecule has 0 bridgehead atoms. The van der Waals surface area contributed by atoms with Crippen molar-refractivity contribution in [3.05, 3.63) is 160 Å². The summed E-state index contributed by atoms with van der Waals surface area (Å²) in [6, 6.07) is 39.6. The Kier molecular flexibility index (Phi) is 8.43. The molecular weight excluding hydrogens is 538 g/mol. The third kappa shape index (κ3) is 6.73. The minimum absolute atomic E-state index is 0.00251. The van der Waals surface area contributed by atoms with Crippen LogP contribution in [-0.2, 0) is 10.8 Å². The van der Waals surface area contributed by atoms with E-state index in [1.165, 1.54) is 16.7 Å². The zero-order valence-corrected chi connectivity index (χ0v) is 26.8. The largest absolute Gasteiger partial charge is 0.311 e. The van der Waals surface area contributed by atoms with Gasteiger partial charge in [0.2, 0.25) is 0 Å². The molecule has 0 aliphatic heterocycles. The first-order valence-corrected chi connectivity index (χ1v) is 15.2. The molecule has 3 heteroatoms. The van der Waals surface area contributed by atoms with Crippen LogP contribution in [0.2, 0.25) is 0 Å². The highest BCUT2D eigenvalue weighted by Crippen LogP contribution is 2.35. The Hall–Kier alpha value is -4.76. The normalized spacial score (nSPS) is 11.7. The third-order valence-corrected chi connectivity index (χ3v) is 8.09. The van der Waals surface area contributed by atoms with Gasteiger partial charge in [0.15, 0.2) is 11.6 Å². The Morgan fingerprint density at radius 1 is 0.409 bits per heavy atom. The van der Waals surface area contributed by atoms with E-state index in [1.54, 1.807) is 0 Å². The SMILES string of the molecule is Cc1ccc(N(c2ccc(C(=O)c3ccc(C(C)(C)C)cc3)cc2)c2ccc(C(=O)c3ccc(C(C)(C)C)cc3)cc2)cc1. The van der Waals surface area contributed by atoms with Gasteiger partial charge < -0.3 is 4.90 Å². The van der Waals surface area contributed by atoms with Gasteiger partial charge in [-0.25, -0.2) is 0 Å². The van der Waals surface area contributed by atoms with Gasteiger partial charge in [0, 0.05) is 39.3 Å². The molecule has 0 radical (unpaired) electrons. The molecule has 44 heavy (non-hydrogen) atoms. The molecule has 0 saturated heterocycles. The maximum absolute atomic E-state index is 13.3. The van der Waals surface area contributed by atoms with Crippen LogP contribution in [0.25, 0.3) is 0 Å². The topological polar surface area (TPSA) is 37.4 Å². The van der Waals surface area contributed by atoms with Crippen LogP contribution in [0.3, 0.4) is 0 Å². The average Bonchev–Trinajstić information content (AvgIpc) is 3.01. The molecule has 0 aliphatic carbocycles. The highest BCUT2D eigenvalue weighted by atomic mass is 16.1. The number of nitrogens with zero attached hydrogens (tertiary/aromatic N) is 1. The summed E-state index contributed by atoms with van der Waals surface area (Å²) in [5.74, 6) is -0.00501. The first-order chi connectivity index (χ1) is 20.8. The van der Waals surface area contributed by atoms with Crippen molar-refractivity contribution in [1.29, 1.82) is 0 Å². The predicted molar refractivity (Wildman–Crippen MR) is 183 cm³/mol. The number of carbonyl (C=O) groups excluding carboxylic acids is 2. The van der Waals surface area contributed by atoms with E-state index in [9.17, 15) is 9.59 Å². The second-order valence-corrected chi connectivity index (χ2v) is 13.6. The quantitative estimate of drug-likeness (QED) is 0.180. The van der Waals surface area contributed by atoms with Gasteiger partial charge in [-0.3, -0.25) is 9.59 Å². The van der Waals surface area contributed by atoms with Crippen molar-refractivity contribution < 1.29 is 9.59 Å². The first-order valence-electron chi connectivity index (χ1n) is 15.2. The molecule has 5 rings (SSSR count). The Balaban J connectivity index is 1.42. The Morgan fingerprint density at radius 3 is 0.932 bits per heavy atom. The lowest BCUT2D eigenvalue weighted by Gasteiger charge is -2.26. The number of rotatable bonds is 7. The minimum atomic E-state index is -0.00251. The number of hydrogen-bond acceptors (Lipinski definition) is 3. The van der Waals surface area contributed by atoms with E-state index in [-0.39, 0.29) is 22.4 Å². The van der Waals surface area contributed by atoms with Crippen LogP contribution in [-0.4, -0.2) is 11.6 Å². The van der Waals surface area contributed by atoms with Gasteiger partial charge in [0.1, 0.15) is 0 Å². The van der Waals surface area contributed by atoms with E-state index in [0.29, 0.717) is 22.3 Å². The zero-order valence-electron chi connectivity index (χ0n) is 26.8. The fraction of sp³-hybridized carbons (Fsp3) is 0.220. The van der Waals surface area contributed by atoms with E-state index in [2.05, 4.69) is 77.6 Å². The molecule has 0 saturated carbocycles. The van der Waals surface area contributed by atoms with E-state index in [0.717, 1.165) is 17.1 Å². The average molecular weight is 580 g/mol. The molecule has 0 aliphatic rings. The number of carbonyl (C=O) groups is 2. The second kappa shape index (κ2) is 12.1. The van der Waals surface area contributed by atoms with Crippen molar-refractivity contribution in [1.82, 2.24) is 0 Å².